The number of ether oxygens (including phenoxy) is 1. The lowest BCUT2D eigenvalue weighted by molar-refractivity contribution is -0.393. The summed E-state index contributed by atoms with van der Waals surface area (Å²) in [6, 6.07) is 26.9. The molecule has 0 radical (unpaired) electrons. The van der Waals surface area contributed by atoms with Crippen LogP contribution in [0.15, 0.2) is 102 Å². The van der Waals surface area contributed by atoms with Gasteiger partial charge in [-0.3, -0.25) is 25.7 Å². The van der Waals surface area contributed by atoms with Gasteiger partial charge in [0.05, 0.1) is 27.7 Å². The first-order valence-corrected chi connectivity index (χ1v) is 11.4. The van der Waals surface area contributed by atoms with Gasteiger partial charge in [-0.15, -0.1) is 0 Å². The van der Waals surface area contributed by atoms with E-state index in [1.165, 1.54) is 12.3 Å². The topological polar surface area (TPSA) is 137 Å². The molecular formula is C28H18N4O6. The minimum atomic E-state index is -0.736. The number of benzene rings is 5. The minimum absolute atomic E-state index is 0.0358. The summed E-state index contributed by atoms with van der Waals surface area (Å²) in [5, 5.41) is 29.8. The van der Waals surface area contributed by atoms with Crippen LogP contribution in [0.25, 0.3) is 21.5 Å². The molecule has 0 fully saturated rings. The second-order valence-electron chi connectivity index (χ2n) is 8.20. The number of nitrogens with zero attached hydrogens (tertiary/aromatic N) is 3. The quantitative estimate of drug-likeness (QED) is 0.0877. The van der Waals surface area contributed by atoms with Crippen molar-refractivity contribution in [2.75, 3.05) is 5.43 Å². The molecule has 0 aliphatic rings. The fraction of sp³-hybridized carbons (Fsp3) is 0. The Balaban J connectivity index is 1.50. The summed E-state index contributed by atoms with van der Waals surface area (Å²) in [4.78, 5) is 34.2. The summed E-state index contributed by atoms with van der Waals surface area (Å²) in [5.74, 6) is -0.309. The number of hydrogen-bond donors (Lipinski definition) is 1. The van der Waals surface area contributed by atoms with Crippen molar-refractivity contribution in [3.63, 3.8) is 0 Å². The van der Waals surface area contributed by atoms with Crippen LogP contribution in [-0.2, 0) is 0 Å². The number of hydrazone groups is 1. The molecule has 0 bridgehead atoms. The number of nitro benzene ring substituents is 2. The van der Waals surface area contributed by atoms with Crippen LogP contribution in [0.4, 0.5) is 17.1 Å². The van der Waals surface area contributed by atoms with Crippen molar-refractivity contribution in [1.29, 1.82) is 0 Å². The molecule has 0 atom stereocenters. The Morgan fingerprint density at radius 2 is 1.47 bits per heavy atom. The standard InChI is InChI=1S/C28H18N4O6/c33-28(23-11-5-8-18-6-1-3-9-21(18)23)38-27-15-12-19-7-2-4-10-22(19)24(27)17-29-30-25-14-13-20(31(34)35)16-26(25)32(36)37/h1-17,30H/b29-17-. The highest BCUT2D eigenvalue weighted by Gasteiger charge is 2.20. The molecular weight excluding hydrogens is 488 g/mol. The van der Waals surface area contributed by atoms with Crippen molar-refractivity contribution in [3.05, 3.63) is 128 Å². The molecule has 5 rings (SSSR count). The molecule has 0 aliphatic heterocycles. The van der Waals surface area contributed by atoms with Crippen molar-refractivity contribution in [2.45, 2.75) is 0 Å². The number of fused-ring (bicyclic) bond motifs is 2. The molecule has 1 N–H and O–H groups in total. The summed E-state index contributed by atoms with van der Waals surface area (Å²) in [6.45, 7) is 0. The maximum absolute atomic E-state index is 13.2. The predicted octanol–water partition coefficient (Wildman–Crippen LogP) is 6.47. The lowest BCUT2D eigenvalue weighted by atomic mass is 10.0. The molecule has 0 spiro atoms. The van der Waals surface area contributed by atoms with Gasteiger partial charge < -0.3 is 4.74 Å². The number of carbonyl (C=O) groups is 1. The van der Waals surface area contributed by atoms with Gasteiger partial charge in [0.2, 0.25) is 0 Å². The Hall–Kier alpha value is -5.64. The first-order valence-electron chi connectivity index (χ1n) is 11.4. The molecule has 10 heteroatoms. The number of nitrogens with one attached hydrogen (secondary N) is 1. The summed E-state index contributed by atoms with van der Waals surface area (Å²) in [5.41, 5.74) is 2.49. The van der Waals surface area contributed by atoms with Crippen LogP contribution in [-0.4, -0.2) is 22.0 Å². The van der Waals surface area contributed by atoms with Gasteiger partial charge in [0.15, 0.2) is 0 Å². The SMILES string of the molecule is O=C(Oc1ccc2ccccc2c1/C=N\Nc1ccc([N+](=O)[O-])cc1[N+](=O)[O-])c1cccc2ccccc12. The number of nitro groups is 2. The molecule has 0 amide bonds. The van der Waals surface area contributed by atoms with Crippen LogP contribution in [0, 0.1) is 20.2 Å². The monoisotopic (exact) mass is 506 g/mol. The number of carbonyl (C=O) groups excluding carboxylic acids is 1. The lowest BCUT2D eigenvalue weighted by Gasteiger charge is -2.12. The number of non-ortho nitro benzene ring substituents is 1. The lowest BCUT2D eigenvalue weighted by Crippen LogP contribution is -2.10. The zero-order chi connectivity index (χ0) is 26.6. The van der Waals surface area contributed by atoms with Gasteiger partial charge in [0.25, 0.3) is 5.69 Å². The van der Waals surface area contributed by atoms with E-state index in [2.05, 4.69) is 10.5 Å². The fourth-order valence-corrected chi connectivity index (χ4v) is 4.10. The maximum atomic E-state index is 13.2. The van der Waals surface area contributed by atoms with E-state index < -0.39 is 27.2 Å². The Bertz CT molecular complexity index is 1760. The first-order chi connectivity index (χ1) is 18.4. The molecule has 0 saturated carbocycles. The number of anilines is 1. The highest BCUT2D eigenvalue weighted by molar-refractivity contribution is 6.07. The molecule has 5 aromatic rings. The molecule has 5 aromatic carbocycles. The second-order valence-corrected chi connectivity index (χ2v) is 8.20. The Labute approximate surface area is 215 Å². The van der Waals surface area contributed by atoms with Crippen molar-refractivity contribution >= 4 is 50.8 Å². The smallest absolute Gasteiger partial charge is 0.344 e. The molecule has 0 aromatic heterocycles. The second kappa shape index (κ2) is 10.2. The summed E-state index contributed by atoms with van der Waals surface area (Å²) >= 11 is 0. The summed E-state index contributed by atoms with van der Waals surface area (Å²) in [7, 11) is 0. The average molecular weight is 506 g/mol. The third-order valence-corrected chi connectivity index (χ3v) is 5.91. The van der Waals surface area contributed by atoms with E-state index in [0.717, 1.165) is 33.7 Å². The average Bonchev–Trinajstić information content (AvgIpc) is 2.93. The van der Waals surface area contributed by atoms with Crippen LogP contribution in [0.5, 0.6) is 5.75 Å². The third kappa shape index (κ3) is 4.73. The largest absolute Gasteiger partial charge is 0.422 e. The van der Waals surface area contributed by atoms with Gasteiger partial charge in [-0.2, -0.15) is 5.10 Å². The Kier molecular flexibility index (Phi) is 6.43. The highest BCUT2D eigenvalue weighted by atomic mass is 16.6. The van der Waals surface area contributed by atoms with Crippen LogP contribution in [0.2, 0.25) is 0 Å². The van der Waals surface area contributed by atoms with E-state index in [9.17, 15) is 25.0 Å². The molecule has 0 unspecified atom stereocenters. The van der Waals surface area contributed by atoms with Crippen LogP contribution < -0.4 is 10.2 Å². The zero-order valence-corrected chi connectivity index (χ0v) is 19.6. The molecule has 38 heavy (non-hydrogen) atoms. The van der Waals surface area contributed by atoms with E-state index in [0.29, 0.717) is 11.1 Å². The zero-order valence-electron chi connectivity index (χ0n) is 19.6. The van der Waals surface area contributed by atoms with Crippen LogP contribution >= 0.6 is 0 Å². The molecule has 10 nitrogen and oxygen atoms in total. The van der Waals surface area contributed by atoms with Gasteiger partial charge in [-0.1, -0.05) is 66.7 Å². The van der Waals surface area contributed by atoms with Gasteiger partial charge in [0.1, 0.15) is 11.4 Å². The van der Waals surface area contributed by atoms with Crippen molar-refractivity contribution in [1.82, 2.24) is 0 Å². The van der Waals surface area contributed by atoms with E-state index in [1.807, 2.05) is 60.7 Å². The maximum Gasteiger partial charge on any atom is 0.344 e. The molecule has 186 valence electrons. The van der Waals surface area contributed by atoms with Crippen molar-refractivity contribution in [3.8, 4) is 5.75 Å². The molecule has 0 heterocycles. The normalized spacial score (nSPS) is 11.1. The fourth-order valence-electron chi connectivity index (χ4n) is 4.10. The van der Waals surface area contributed by atoms with Gasteiger partial charge in [0, 0.05) is 11.6 Å². The molecule has 0 saturated heterocycles. The van der Waals surface area contributed by atoms with E-state index in [4.69, 9.17) is 4.74 Å². The van der Waals surface area contributed by atoms with Crippen LogP contribution in [0.1, 0.15) is 15.9 Å². The van der Waals surface area contributed by atoms with Gasteiger partial charge in [-0.25, -0.2) is 4.79 Å². The number of hydrogen-bond acceptors (Lipinski definition) is 8. The van der Waals surface area contributed by atoms with Gasteiger partial charge >= 0.3 is 11.7 Å². The number of rotatable bonds is 7. The van der Waals surface area contributed by atoms with Crippen LogP contribution in [0.3, 0.4) is 0 Å². The highest BCUT2D eigenvalue weighted by Crippen LogP contribution is 2.31. The van der Waals surface area contributed by atoms with E-state index in [-0.39, 0.29) is 11.4 Å². The van der Waals surface area contributed by atoms with E-state index in [1.54, 1.807) is 18.2 Å². The summed E-state index contributed by atoms with van der Waals surface area (Å²) < 4.78 is 5.81. The van der Waals surface area contributed by atoms with E-state index >= 15 is 0 Å². The number of esters is 1. The first kappa shape index (κ1) is 24.1. The van der Waals surface area contributed by atoms with Crippen molar-refractivity contribution in [2.24, 2.45) is 5.10 Å². The minimum Gasteiger partial charge on any atom is -0.422 e. The Morgan fingerprint density at radius 1 is 0.789 bits per heavy atom. The Morgan fingerprint density at radius 3 is 2.21 bits per heavy atom. The predicted molar refractivity (Wildman–Crippen MR) is 144 cm³/mol. The third-order valence-electron chi connectivity index (χ3n) is 5.91. The molecule has 0 aliphatic carbocycles. The van der Waals surface area contributed by atoms with Crippen molar-refractivity contribution < 1.29 is 19.4 Å². The van der Waals surface area contributed by atoms with Gasteiger partial charge in [-0.05, 0) is 39.7 Å². The summed E-state index contributed by atoms with van der Waals surface area (Å²) in [6.07, 6.45) is 1.39.